The molecule has 3 N–H and O–H groups in total. The number of aromatic nitrogens is 4. The van der Waals surface area contributed by atoms with Gasteiger partial charge in [-0.3, -0.25) is 4.72 Å². The molecular weight excluding hydrogens is 268 g/mol. The van der Waals surface area contributed by atoms with Crippen molar-refractivity contribution in [2.24, 2.45) is 14.1 Å². The highest BCUT2D eigenvalue weighted by Gasteiger charge is 2.22. The third kappa shape index (κ3) is 2.28. The summed E-state index contributed by atoms with van der Waals surface area (Å²) in [5.41, 5.74) is 6.66. The maximum atomic E-state index is 12.2. The van der Waals surface area contributed by atoms with Crippen molar-refractivity contribution >= 4 is 21.5 Å². The number of nitrogens with zero attached hydrogens (tertiary/aromatic N) is 4. The third-order valence-electron chi connectivity index (χ3n) is 2.86. The molecule has 0 amide bonds. The quantitative estimate of drug-likeness (QED) is 0.834. The molecule has 2 aromatic rings. The van der Waals surface area contributed by atoms with Gasteiger partial charge in [-0.15, -0.1) is 0 Å². The lowest BCUT2D eigenvalue weighted by Crippen LogP contribution is -2.16. The van der Waals surface area contributed by atoms with Crippen LogP contribution in [0.25, 0.3) is 0 Å². The van der Waals surface area contributed by atoms with Gasteiger partial charge >= 0.3 is 0 Å². The Morgan fingerprint density at radius 1 is 1.32 bits per heavy atom. The monoisotopic (exact) mass is 284 g/mol. The predicted molar refractivity (Wildman–Crippen MR) is 71.1 cm³/mol. The number of rotatable bonds is 3. The van der Waals surface area contributed by atoms with Crippen LogP contribution in [-0.4, -0.2) is 27.7 Å². The average Bonchev–Trinajstić information content (AvgIpc) is 2.76. The zero-order valence-corrected chi connectivity index (χ0v) is 12.0. The van der Waals surface area contributed by atoms with Gasteiger partial charge in [0.25, 0.3) is 10.0 Å². The van der Waals surface area contributed by atoms with E-state index in [1.165, 1.54) is 10.9 Å². The van der Waals surface area contributed by atoms with E-state index in [0.717, 1.165) is 0 Å². The fraction of sp³-hybridized carbons (Fsp3) is 0.400. The fourth-order valence-corrected chi connectivity index (χ4v) is 2.78. The molecule has 0 aliphatic carbocycles. The highest BCUT2D eigenvalue weighted by atomic mass is 32.2. The van der Waals surface area contributed by atoms with Crippen LogP contribution < -0.4 is 10.5 Å². The molecule has 0 aromatic carbocycles. The van der Waals surface area contributed by atoms with Crippen molar-refractivity contribution < 1.29 is 8.42 Å². The Morgan fingerprint density at radius 3 is 2.37 bits per heavy atom. The zero-order valence-electron chi connectivity index (χ0n) is 11.2. The van der Waals surface area contributed by atoms with Crippen molar-refractivity contribution in [3.63, 3.8) is 0 Å². The van der Waals surface area contributed by atoms with Crippen molar-refractivity contribution in [2.45, 2.75) is 18.9 Å². The summed E-state index contributed by atoms with van der Waals surface area (Å²) in [5.74, 6) is 0.843. The molecule has 0 aliphatic rings. The Kier molecular flexibility index (Phi) is 3.01. The van der Waals surface area contributed by atoms with Gasteiger partial charge in [0.05, 0.1) is 11.4 Å². The van der Waals surface area contributed by atoms with Gasteiger partial charge in [0.15, 0.2) is 10.8 Å². The van der Waals surface area contributed by atoms with E-state index in [-0.39, 0.29) is 10.8 Å². The summed E-state index contributed by atoms with van der Waals surface area (Å²) in [5, 5.41) is 4.00. The zero-order chi connectivity index (χ0) is 14.4. The van der Waals surface area contributed by atoms with Gasteiger partial charge in [-0.05, 0) is 13.8 Å². The summed E-state index contributed by atoms with van der Waals surface area (Å²) in [7, 11) is -0.427. The highest BCUT2D eigenvalue weighted by molar-refractivity contribution is 7.92. The fourth-order valence-electron chi connectivity index (χ4n) is 1.63. The number of hydrogen-bond acceptors (Lipinski definition) is 5. The lowest BCUT2D eigenvalue weighted by molar-refractivity contribution is 0.597. The first kappa shape index (κ1) is 13.4. The predicted octanol–water partition coefficient (Wildman–Crippen LogP) is 0.153. The summed E-state index contributed by atoms with van der Waals surface area (Å²) < 4.78 is 29.8. The van der Waals surface area contributed by atoms with Crippen molar-refractivity contribution in [3.05, 3.63) is 17.7 Å². The molecule has 2 aromatic heterocycles. The topological polar surface area (TPSA) is 108 Å². The minimum absolute atomic E-state index is 0.0502. The van der Waals surface area contributed by atoms with E-state index >= 15 is 0 Å². The molecule has 0 bridgehead atoms. The molecule has 0 spiro atoms. The van der Waals surface area contributed by atoms with Gasteiger partial charge in [-0.1, -0.05) is 0 Å². The van der Waals surface area contributed by atoms with Gasteiger partial charge in [0.2, 0.25) is 0 Å². The molecule has 9 heteroatoms. The largest absolute Gasteiger partial charge is 0.394 e. The first-order chi connectivity index (χ1) is 8.72. The highest BCUT2D eigenvalue weighted by Crippen LogP contribution is 2.23. The molecule has 0 aliphatic heterocycles. The lowest BCUT2D eigenvalue weighted by atomic mass is 10.4. The first-order valence-corrected chi connectivity index (χ1v) is 7.02. The summed E-state index contributed by atoms with van der Waals surface area (Å²) in [6.07, 6.45) is 1.44. The number of nitrogens with two attached hydrogens (primary N) is 1. The number of imidazole rings is 1. The molecule has 0 saturated carbocycles. The van der Waals surface area contributed by atoms with Crippen molar-refractivity contribution in [2.75, 3.05) is 10.5 Å². The van der Waals surface area contributed by atoms with Gasteiger partial charge in [-0.25, -0.2) is 9.67 Å². The normalized spacial score (nSPS) is 11.8. The molecule has 0 unspecified atom stereocenters. The molecular formula is C10H16N6O2S. The van der Waals surface area contributed by atoms with Crippen molar-refractivity contribution in [3.8, 4) is 0 Å². The Balaban J connectivity index is 2.42. The van der Waals surface area contributed by atoms with Crippen LogP contribution in [0.4, 0.5) is 11.5 Å². The molecule has 0 radical (unpaired) electrons. The number of aryl methyl sites for hydroxylation is 4. The van der Waals surface area contributed by atoms with Crippen LogP contribution in [0.3, 0.4) is 0 Å². The van der Waals surface area contributed by atoms with Crippen LogP contribution in [0.5, 0.6) is 0 Å². The number of sulfonamides is 1. The molecule has 2 rings (SSSR count). The standard InChI is InChI=1S/C10H16N6O2S/c1-6-9(11)10(16(4)13-6)14-19(17,18)8-5-15(3)7(2)12-8/h5,14H,11H2,1-4H3. The smallest absolute Gasteiger partial charge is 0.282 e. The Hall–Kier alpha value is -2.03. The van der Waals surface area contributed by atoms with Gasteiger partial charge in [-0.2, -0.15) is 13.5 Å². The minimum Gasteiger partial charge on any atom is -0.394 e. The maximum absolute atomic E-state index is 12.2. The van der Waals surface area contributed by atoms with E-state index in [1.807, 2.05) is 0 Å². The molecule has 104 valence electrons. The molecule has 0 atom stereocenters. The number of hydrogen-bond donors (Lipinski definition) is 2. The molecule has 8 nitrogen and oxygen atoms in total. The SMILES string of the molecule is Cc1nn(C)c(NS(=O)(=O)c2cn(C)c(C)n2)c1N. The van der Waals surface area contributed by atoms with E-state index in [9.17, 15) is 8.42 Å². The molecule has 2 heterocycles. The first-order valence-electron chi connectivity index (χ1n) is 5.54. The minimum atomic E-state index is -3.77. The third-order valence-corrected chi connectivity index (χ3v) is 4.07. The number of nitrogen functional groups attached to an aromatic ring is 1. The molecule has 0 saturated heterocycles. The summed E-state index contributed by atoms with van der Waals surface area (Å²) in [4.78, 5) is 3.99. The van der Waals surface area contributed by atoms with E-state index in [0.29, 0.717) is 17.2 Å². The van der Waals surface area contributed by atoms with E-state index in [4.69, 9.17) is 5.73 Å². The van der Waals surface area contributed by atoms with Gasteiger partial charge < -0.3 is 10.3 Å². The van der Waals surface area contributed by atoms with Crippen LogP contribution in [0.2, 0.25) is 0 Å². The van der Waals surface area contributed by atoms with Crippen LogP contribution >= 0.6 is 0 Å². The Labute approximate surface area is 111 Å². The van der Waals surface area contributed by atoms with E-state index in [2.05, 4.69) is 14.8 Å². The Morgan fingerprint density at radius 2 is 1.95 bits per heavy atom. The van der Waals surface area contributed by atoms with Crippen LogP contribution in [-0.2, 0) is 24.1 Å². The maximum Gasteiger partial charge on any atom is 0.282 e. The molecule has 0 fully saturated rings. The van der Waals surface area contributed by atoms with Crippen molar-refractivity contribution in [1.82, 2.24) is 19.3 Å². The van der Waals surface area contributed by atoms with Crippen LogP contribution in [0.15, 0.2) is 11.2 Å². The number of nitrogens with one attached hydrogen (secondary N) is 1. The Bertz CT molecular complexity index is 708. The second-order valence-electron chi connectivity index (χ2n) is 4.31. The van der Waals surface area contributed by atoms with Gasteiger partial charge in [0.1, 0.15) is 5.82 Å². The van der Waals surface area contributed by atoms with Crippen molar-refractivity contribution in [1.29, 1.82) is 0 Å². The number of anilines is 2. The second-order valence-corrected chi connectivity index (χ2v) is 5.94. The van der Waals surface area contributed by atoms with Gasteiger partial charge in [0, 0.05) is 20.3 Å². The van der Waals surface area contributed by atoms with E-state index < -0.39 is 10.0 Å². The summed E-state index contributed by atoms with van der Waals surface area (Å²) in [6.45, 7) is 3.43. The van der Waals surface area contributed by atoms with Crippen LogP contribution in [0, 0.1) is 13.8 Å². The summed E-state index contributed by atoms with van der Waals surface area (Å²) >= 11 is 0. The average molecular weight is 284 g/mol. The van der Waals surface area contributed by atoms with Crippen LogP contribution in [0.1, 0.15) is 11.5 Å². The molecule has 19 heavy (non-hydrogen) atoms. The summed E-state index contributed by atoms with van der Waals surface area (Å²) in [6, 6.07) is 0. The van der Waals surface area contributed by atoms with E-state index in [1.54, 1.807) is 32.5 Å². The second kappa shape index (κ2) is 4.26. The lowest BCUT2D eigenvalue weighted by Gasteiger charge is -2.06.